The third-order valence-electron chi connectivity index (χ3n) is 11.0. The number of allylic oxidation sites excluding steroid dienone is 8. The number of esters is 2. The summed E-state index contributed by atoms with van der Waals surface area (Å²) in [7, 11) is -9.72. The predicted octanol–water partition coefficient (Wildman–Crippen LogP) is 12.8. The Morgan fingerprint density at radius 1 is 0.552 bits per heavy atom. The monoisotopic (exact) mass is 991 g/mol. The summed E-state index contributed by atoms with van der Waals surface area (Å²) >= 11 is 0. The highest BCUT2D eigenvalue weighted by Crippen LogP contribution is 2.44. The largest absolute Gasteiger partial charge is 0.472 e. The van der Waals surface area contributed by atoms with Gasteiger partial charge in [0.2, 0.25) is 0 Å². The van der Waals surface area contributed by atoms with Crippen molar-refractivity contribution in [2.45, 2.75) is 219 Å². The van der Waals surface area contributed by atoms with Gasteiger partial charge < -0.3 is 34.4 Å². The summed E-state index contributed by atoms with van der Waals surface area (Å²) in [4.78, 5) is 52.9. The molecular formula is C51H92O14P2. The molecule has 0 radical (unpaired) electrons. The lowest BCUT2D eigenvalue weighted by atomic mass is 9.99. The molecule has 0 aliphatic heterocycles. The highest BCUT2D eigenvalue weighted by Gasteiger charge is 2.28. The Balaban J connectivity index is 4.51. The van der Waals surface area contributed by atoms with Gasteiger partial charge >= 0.3 is 27.6 Å². The van der Waals surface area contributed by atoms with Gasteiger partial charge in [-0.15, -0.1) is 0 Å². The fraction of sp³-hybridized carbons (Fsp3) is 0.765. The van der Waals surface area contributed by atoms with Gasteiger partial charge in [-0.2, -0.15) is 0 Å². The first-order valence-corrected chi connectivity index (χ1v) is 28.5. The number of hydrogen-bond acceptors (Lipinski definition) is 11. The number of phosphoric ester groups is 2. The Kier molecular flexibility index (Phi) is 43.5. The molecule has 67 heavy (non-hydrogen) atoms. The van der Waals surface area contributed by atoms with Crippen molar-refractivity contribution in [2.24, 2.45) is 5.92 Å². The van der Waals surface area contributed by atoms with Crippen LogP contribution in [0.15, 0.2) is 60.8 Å². The minimum atomic E-state index is -4.88. The predicted molar refractivity (Wildman–Crippen MR) is 268 cm³/mol. The van der Waals surface area contributed by atoms with Crippen LogP contribution in [0.1, 0.15) is 201 Å². The summed E-state index contributed by atoms with van der Waals surface area (Å²) < 4.78 is 47.9. The number of aliphatic hydroxyl groups is 2. The van der Waals surface area contributed by atoms with Gasteiger partial charge in [0.1, 0.15) is 12.7 Å². The third kappa shape index (κ3) is 48.6. The molecule has 0 spiro atoms. The second-order valence-corrected chi connectivity index (χ2v) is 20.2. The lowest BCUT2D eigenvalue weighted by molar-refractivity contribution is -0.161. The van der Waals surface area contributed by atoms with Crippen molar-refractivity contribution in [3.05, 3.63) is 60.8 Å². The standard InChI is InChI=1S/C51H92O14P2/c1-4-6-7-8-28-33-38-47(52)39-34-29-24-21-22-25-30-35-40-50(54)61-44-49(45-64-67(59,60)63-43-48(53)42-62-66(56,57)58)65-51(55)41-36-31-26-20-18-16-14-12-10-9-11-13-15-17-19-23-27-32-37-46(3)5-2/h6-7,22,24-25,28-29,33-34,39,46-49,52-53H,4-5,8-21,23,26-27,30-32,35-38,40-45H2,1-3H3,(H,59,60)(H2,56,57,58)/b7-6-,25-22-,29-24-,33-28-,39-34+/t46?,47?,48-,49+/m0/s1. The Labute approximate surface area is 404 Å². The van der Waals surface area contributed by atoms with E-state index in [2.05, 4.69) is 37.4 Å². The first-order chi connectivity index (χ1) is 32.2. The van der Waals surface area contributed by atoms with Crippen molar-refractivity contribution in [3.63, 3.8) is 0 Å². The number of phosphoric acid groups is 2. The molecule has 5 atom stereocenters. The van der Waals surface area contributed by atoms with Crippen LogP contribution in [0, 0.1) is 5.92 Å². The van der Waals surface area contributed by atoms with E-state index < -0.39 is 72.3 Å². The van der Waals surface area contributed by atoms with Crippen LogP contribution in [0.25, 0.3) is 0 Å². The van der Waals surface area contributed by atoms with Gasteiger partial charge in [0.25, 0.3) is 0 Å². The van der Waals surface area contributed by atoms with E-state index in [1.54, 1.807) is 6.08 Å². The van der Waals surface area contributed by atoms with E-state index in [0.29, 0.717) is 32.1 Å². The van der Waals surface area contributed by atoms with Crippen molar-refractivity contribution in [1.82, 2.24) is 0 Å². The maximum atomic E-state index is 12.7. The Hall–Kier alpha value is -2.22. The Bertz CT molecular complexity index is 1440. The number of aliphatic hydroxyl groups excluding tert-OH is 2. The van der Waals surface area contributed by atoms with E-state index in [9.17, 15) is 33.8 Å². The second-order valence-electron chi connectivity index (χ2n) is 17.5. The molecule has 0 aromatic rings. The first kappa shape index (κ1) is 64.8. The molecule has 5 N–H and O–H groups in total. The van der Waals surface area contributed by atoms with Crippen LogP contribution in [0.5, 0.6) is 0 Å². The fourth-order valence-corrected chi connectivity index (χ4v) is 7.95. The molecule has 0 aliphatic rings. The van der Waals surface area contributed by atoms with Crippen molar-refractivity contribution in [2.75, 3.05) is 26.4 Å². The molecule has 0 amide bonds. The summed E-state index contributed by atoms with van der Waals surface area (Å²) in [6, 6.07) is 0. The van der Waals surface area contributed by atoms with Crippen LogP contribution in [-0.2, 0) is 41.8 Å². The van der Waals surface area contributed by atoms with E-state index in [0.717, 1.165) is 44.4 Å². The molecule has 0 bridgehead atoms. The number of hydrogen-bond donors (Lipinski definition) is 5. The maximum Gasteiger partial charge on any atom is 0.472 e. The summed E-state index contributed by atoms with van der Waals surface area (Å²) in [5, 5.41) is 19.8. The molecule has 0 aliphatic carbocycles. The number of ether oxygens (including phenoxy) is 2. The molecule has 14 nitrogen and oxygen atoms in total. The highest BCUT2D eigenvalue weighted by atomic mass is 31.2. The normalized spacial score (nSPS) is 15.3. The van der Waals surface area contributed by atoms with Gasteiger partial charge in [0.15, 0.2) is 6.10 Å². The second kappa shape index (κ2) is 45.0. The first-order valence-electron chi connectivity index (χ1n) is 25.5. The van der Waals surface area contributed by atoms with Crippen LogP contribution in [0.2, 0.25) is 0 Å². The Morgan fingerprint density at radius 3 is 1.64 bits per heavy atom. The molecule has 390 valence electrons. The fourth-order valence-electron chi connectivity index (χ4n) is 6.80. The molecule has 0 aromatic carbocycles. The molecule has 0 saturated carbocycles. The van der Waals surface area contributed by atoms with Crippen LogP contribution in [-0.4, -0.2) is 81.6 Å². The summed E-state index contributed by atoms with van der Waals surface area (Å²) in [6.45, 7) is 3.90. The van der Waals surface area contributed by atoms with E-state index in [4.69, 9.17) is 28.3 Å². The molecule has 0 fully saturated rings. The molecule has 0 heterocycles. The quantitative estimate of drug-likeness (QED) is 0.0126. The number of unbranched alkanes of at least 4 members (excludes halogenated alkanes) is 18. The van der Waals surface area contributed by atoms with E-state index in [1.165, 1.54) is 96.3 Å². The smallest absolute Gasteiger partial charge is 0.462 e. The molecule has 3 unspecified atom stereocenters. The van der Waals surface area contributed by atoms with Gasteiger partial charge in [0.05, 0.1) is 25.9 Å². The highest BCUT2D eigenvalue weighted by molar-refractivity contribution is 7.47. The van der Waals surface area contributed by atoms with Crippen LogP contribution >= 0.6 is 15.6 Å². The average molecular weight is 991 g/mol. The summed E-state index contributed by atoms with van der Waals surface area (Å²) in [5.74, 6) is -0.257. The topological polar surface area (TPSA) is 216 Å². The zero-order chi connectivity index (χ0) is 49.7. The molecule has 0 aromatic heterocycles. The minimum absolute atomic E-state index is 0.0842. The lowest BCUT2D eigenvalue weighted by Gasteiger charge is -2.20. The van der Waals surface area contributed by atoms with Crippen molar-refractivity contribution < 1.29 is 66.7 Å². The maximum absolute atomic E-state index is 12.7. The van der Waals surface area contributed by atoms with Gasteiger partial charge in [-0.3, -0.25) is 23.2 Å². The van der Waals surface area contributed by atoms with Gasteiger partial charge in [-0.05, 0) is 50.9 Å². The van der Waals surface area contributed by atoms with Crippen LogP contribution < -0.4 is 0 Å². The average Bonchev–Trinajstić information content (AvgIpc) is 3.29. The molecule has 0 saturated heterocycles. The minimum Gasteiger partial charge on any atom is -0.462 e. The van der Waals surface area contributed by atoms with E-state index >= 15 is 0 Å². The van der Waals surface area contributed by atoms with Crippen molar-refractivity contribution >= 4 is 27.6 Å². The van der Waals surface area contributed by atoms with Crippen LogP contribution in [0.3, 0.4) is 0 Å². The zero-order valence-corrected chi connectivity index (χ0v) is 43.3. The molecule has 0 rings (SSSR count). The van der Waals surface area contributed by atoms with Gasteiger partial charge in [0, 0.05) is 12.8 Å². The number of carbonyl (C=O) groups is 2. The van der Waals surface area contributed by atoms with Crippen molar-refractivity contribution in [1.29, 1.82) is 0 Å². The van der Waals surface area contributed by atoms with Crippen LogP contribution in [0.4, 0.5) is 0 Å². The number of rotatable bonds is 47. The Morgan fingerprint density at radius 2 is 1.06 bits per heavy atom. The van der Waals surface area contributed by atoms with Gasteiger partial charge in [-0.1, -0.05) is 204 Å². The summed E-state index contributed by atoms with van der Waals surface area (Å²) in [5.41, 5.74) is 0. The van der Waals surface area contributed by atoms with E-state index in [1.807, 2.05) is 42.5 Å². The lowest BCUT2D eigenvalue weighted by Crippen LogP contribution is -2.30. The third-order valence-corrected chi connectivity index (χ3v) is 12.5. The molecular weight excluding hydrogens is 898 g/mol. The molecule has 16 heteroatoms. The van der Waals surface area contributed by atoms with Crippen molar-refractivity contribution in [3.8, 4) is 0 Å². The summed E-state index contributed by atoms with van der Waals surface area (Å²) in [6.07, 6.45) is 45.3. The van der Waals surface area contributed by atoms with E-state index in [-0.39, 0.29) is 12.8 Å². The number of carbonyl (C=O) groups excluding carboxylic acids is 2. The zero-order valence-electron chi connectivity index (χ0n) is 41.5. The SMILES string of the molecule is CC/C=C\C/C=C\CC(O)/C=C/C=C\C/C=C\CCCC(=O)OC[C@H](COP(=O)(O)OC[C@@H](O)COP(=O)(O)O)OC(=O)CCCCCCCCCCCCCCCCCCCCC(C)CC. The van der Waals surface area contributed by atoms with Gasteiger partial charge in [-0.25, -0.2) is 9.13 Å².